The van der Waals surface area contributed by atoms with Gasteiger partial charge in [0.25, 0.3) is 0 Å². The molecule has 7 heteroatoms. The molecule has 2 amide bonds. The number of rotatable bonds is 5. The molecule has 0 aliphatic carbocycles. The number of ether oxygens (including phenoxy) is 2. The SMILES string of the molecule is CC1(C)OCCC1CNC(=O)NCc1cc(Cl)ccc1N1CCOCC1. The predicted molar refractivity (Wildman–Crippen MR) is 103 cm³/mol. The minimum Gasteiger partial charge on any atom is -0.378 e. The van der Waals surface area contributed by atoms with Crippen LogP contribution in [0.5, 0.6) is 0 Å². The molecule has 1 atom stereocenters. The molecular weight excluding hydrogens is 354 g/mol. The van der Waals surface area contributed by atoms with Crippen molar-refractivity contribution in [3.63, 3.8) is 0 Å². The molecule has 3 rings (SSSR count). The number of nitrogens with one attached hydrogen (secondary N) is 2. The first kappa shape index (κ1) is 19.3. The highest BCUT2D eigenvalue weighted by molar-refractivity contribution is 6.30. The van der Waals surface area contributed by atoms with E-state index in [1.807, 2.05) is 18.2 Å². The second-order valence-electron chi connectivity index (χ2n) is 7.37. The maximum absolute atomic E-state index is 12.2. The fraction of sp³-hybridized carbons (Fsp3) is 0.632. The van der Waals surface area contributed by atoms with Gasteiger partial charge in [0.1, 0.15) is 0 Å². The van der Waals surface area contributed by atoms with E-state index in [9.17, 15) is 4.79 Å². The van der Waals surface area contributed by atoms with Crippen LogP contribution in [0.3, 0.4) is 0 Å². The van der Waals surface area contributed by atoms with Crippen molar-refractivity contribution in [3.8, 4) is 0 Å². The maximum atomic E-state index is 12.2. The van der Waals surface area contributed by atoms with E-state index in [2.05, 4.69) is 29.4 Å². The molecule has 2 heterocycles. The summed E-state index contributed by atoms with van der Waals surface area (Å²) in [6.07, 6.45) is 0.975. The van der Waals surface area contributed by atoms with Crippen molar-refractivity contribution in [1.82, 2.24) is 10.6 Å². The summed E-state index contributed by atoms with van der Waals surface area (Å²) in [5.74, 6) is 0.336. The van der Waals surface area contributed by atoms with Crippen LogP contribution in [0.2, 0.25) is 5.02 Å². The molecule has 1 unspecified atom stereocenters. The van der Waals surface area contributed by atoms with E-state index in [0.29, 0.717) is 24.0 Å². The van der Waals surface area contributed by atoms with Crippen LogP contribution < -0.4 is 15.5 Å². The topological polar surface area (TPSA) is 62.8 Å². The zero-order chi connectivity index (χ0) is 18.6. The van der Waals surface area contributed by atoms with Gasteiger partial charge in [0, 0.05) is 49.4 Å². The Bertz CT molecular complexity index is 632. The quantitative estimate of drug-likeness (QED) is 0.823. The van der Waals surface area contributed by atoms with Crippen LogP contribution in [0.15, 0.2) is 18.2 Å². The van der Waals surface area contributed by atoms with Gasteiger partial charge in [0.15, 0.2) is 0 Å². The van der Waals surface area contributed by atoms with Gasteiger partial charge in [-0.3, -0.25) is 0 Å². The molecule has 2 N–H and O–H groups in total. The molecule has 144 valence electrons. The molecule has 1 aromatic rings. The Morgan fingerprint density at radius 2 is 2.04 bits per heavy atom. The standard InChI is InChI=1S/C19H28ClN3O3/c1-19(2)15(5-8-26-19)13-22-18(24)21-12-14-11-16(20)3-4-17(14)23-6-9-25-10-7-23/h3-4,11,15H,5-10,12-13H2,1-2H3,(H2,21,22,24). The van der Waals surface area contributed by atoms with Crippen LogP contribution in [-0.4, -0.2) is 51.1 Å². The third-order valence-corrected chi connectivity index (χ3v) is 5.50. The van der Waals surface area contributed by atoms with E-state index >= 15 is 0 Å². The summed E-state index contributed by atoms with van der Waals surface area (Å²) >= 11 is 6.16. The van der Waals surface area contributed by atoms with E-state index in [0.717, 1.165) is 50.6 Å². The largest absolute Gasteiger partial charge is 0.378 e. The van der Waals surface area contributed by atoms with Crippen LogP contribution in [0, 0.1) is 5.92 Å². The molecule has 2 aliphatic rings. The number of carbonyl (C=O) groups is 1. The van der Waals surface area contributed by atoms with Gasteiger partial charge in [-0.1, -0.05) is 11.6 Å². The van der Waals surface area contributed by atoms with E-state index in [1.54, 1.807) is 0 Å². The summed E-state index contributed by atoms with van der Waals surface area (Å²) in [7, 11) is 0. The maximum Gasteiger partial charge on any atom is 0.315 e. The lowest BCUT2D eigenvalue weighted by atomic mass is 9.91. The van der Waals surface area contributed by atoms with Crippen molar-refractivity contribution in [3.05, 3.63) is 28.8 Å². The Kier molecular flexibility index (Phi) is 6.27. The monoisotopic (exact) mass is 381 g/mol. The number of urea groups is 1. The summed E-state index contributed by atoms with van der Waals surface area (Å²) in [5, 5.41) is 6.59. The molecule has 6 nitrogen and oxygen atoms in total. The normalized spacial score (nSPS) is 22.3. The minimum absolute atomic E-state index is 0.166. The van der Waals surface area contributed by atoms with Crippen molar-refractivity contribution in [2.24, 2.45) is 5.92 Å². The highest BCUT2D eigenvalue weighted by Gasteiger charge is 2.35. The summed E-state index contributed by atoms with van der Waals surface area (Å²) in [5.41, 5.74) is 1.94. The molecule has 26 heavy (non-hydrogen) atoms. The Morgan fingerprint density at radius 1 is 1.27 bits per heavy atom. The van der Waals surface area contributed by atoms with Gasteiger partial charge in [-0.05, 0) is 44.0 Å². The van der Waals surface area contributed by atoms with Gasteiger partial charge < -0.3 is 25.0 Å². The molecule has 2 fully saturated rings. The smallest absolute Gasteiger partial charge is 0.315 e. The third kappa shape index (κ3) is 4.81. The Labute approximate surface area is 160 Å². The number of halogens is 1. The lowest BCUT2D eigenvalue weighted by molar-refractivity contribution is 0.0120. The number of carbonyl (C=O) groups excluding carboxylic acids is 1. The van der Waals surface area contributed by atoms with Gasteiger partial charge in [0.05, 0.1) is 18.8 Å². The van der Waals surface area contributed by atoms with Gasteiger partial charge in [-0.15, -0.1) is 0 Å². The third-order valence-electron chi connectivity index (χ3n) is 5.27. The lowest BCUT2D eigenvalue weighted by Gasteiger charge is -2.31. The molecular formula is C19H28ClN3O3. The average Bonchev–Trinajstić information content (AvgIpc) is 2.97. The molecule has 0 saturated carbocycles. The van der Waals surface area contributed by atoms with E-state index < -0.39 is 0 Å². The molecule has 2 aliphatic heterocycles. The second-order valence-corrected chi connectivity index (χ2v) is 7.81. The number of amides is 2. The van der Waals surface area contributed by atoms with Crippen molar-refractivity contribution in [2.75, 3.05) is 44.4 Å². The molecule has 0 aromatic heterocycles. The van der Waals surface area contributed by atoms with Crippen LogP contribution in [0.4, 0.5) is 10.5 Å². The molecule has 0 bridgehead atoms. The van der Waals surface area contributed by atoms with Crippen LogP contribution in [0.1, 0.15) is 25.8 Å². The van der Waals surface area contributed by atoms with Crippen molar-refractivity contribution in [1.29, 1.82) is 0 Å². The molecule has 2 saturated heterocycles. The summed E-state index contributed by atoms with van der Waals surface area (Å²) < 4.78 is 11.1. The Morgan fingerprint density at radius 3 is 2.73 bits per heavy atom. The van der Waals surface area contributed by atoms with E-state index in [4.69, 9.17) is 21.1 Å². The number of anilines is 1. The van der Waals surface area contributed by atoms with Gasteiger partial charge in [0.2, 0.25) is 0 Å². The summed E-state index contributed by atoms with van der Waals surface area (Å²) in [6.45, 7) is 9.08. The summed E-state index contributed by atoms with van der Waals surface area (Å²) in [6, 6.07) is 5.65. The minimum atomic E-state index is -0.177. The number of hydrogen-bond acceptors (Lipinski definition) is 4. The lowest BCUT2D eigenvalue weighted by Crippen LogP contribution is -2.42. The van der Waals surface area contributed by atoms with Gasteiger partial charge in [-0.2, -0.15) is 0 Å². The van der Waals surface area contributed by atoms with Crippen molar-refractivity contribution in [2.45, 2.75) is 32.4 Å². The first-order chi connectivity index (χ1) is 12.5. The second kappa shape index (κ2) is 8.46. The highest BCUT2D eigenvalue weighted by Crippen LogP contribution is 2.30. The Balaban J connectivity index is 1.55. The van der Waals surface area contributed by atoms with E-state index in [1.165, 1.54) is 0 Å². The number of hydrogen-bond donors (Lipinski definition) is 2. The Hall–Kier alpha value is -1.50. The molecule has 1 aromatic carbocycles. The highest BCUT2D eigenvalue weighted by atomic mass is 35.5. The number of morpholine rings is 1. The first-order valence-corrected chi connectivity index (χ1v) is 9.60. The molecule has 0 radical (unpaired) electrons. The van der Waals surface area contributed by atoms with Crippen molar-refractivity contribution < 1.29 is 14.3 Å². The van der Waals surface area contributed by atoms with Crippen LogP contribution in [-0.2, 0) is 16.0 Å². The molecule has 0 spiro atoms. The fourth-order valence-electron chi connectivity index (χ4n) is 3.54. The summed E-state index contributed by atoms with van der Waals surface area (Å²) in [4.78, 5) is 14.5. The van der Waals surface area contributed by atoms with Crippen molar-refractivity contribution >= 4 is 23.3 Å². The van der Waals surface area contributed by atoms with Gasteiger partial charge >= 0.3 is 6.03 Å². The first-order valence-electron chi connectivity index (χ1n) is 9.22. The average molecular weight is 382 g/mol. The number of nitrogens with zero attached hydrogens (tertiary/aromatic N) is 1. The zero-order valence-corrected chi connectivity index (χ0v) is 16.3. The fourth-order valence-corrected chi connectivity index (χ4v) is 3.73. The number of benzene rings is 1. The van der Waals surface area contributed by atoms with Crippen LogP contribution in [0.25, 0.3) is 0 Å². The predicted octanol–water partition coefficient (Wildman–Crippen LogP) is 2.79. The van der Waals surface area contributed by atoms with Gasteiger partial charge in [-0.25, -0.2) is 4.79 Å². The zero-order valence-electron chi connectivity index (χ0n) is 15.5. The van der Waals surface area contributed by atoms with E-state index in [-0.39, 0.29) is 11.6 Å². The van der Waals surface area contributed by atoms with Crippen LogP contribution >= 0.6 is 11.6 Å².